The Hall–Kier alpha value is -1.46. The molecule has 1 aliphatic carbocycles. The number of halogens is 1. The van der Waals surface area contributed by atoms with Crippen LogP contribution >= 0.6 is 0 Å². The summed E-state index contributed by atoms with van der Waals surface area (Å²) >= 11 is 0. The summed E-state index contributed by atoms with van der Waals surface area (Å²) in [6, 6.07) is 5.77. The van der Waals surface area contributed by atoms with E-state index in [4.69, 9.17) is 4.74 Å². The summed E-state index contributed by atoms with van der Waals surface area (Å²) in [5.74, 6) is -1.14. The van der Waals surface area contributed by atoms with E-state index < -0.39 is 17.8 Å². The fourth-order valence-corrected chi connectivity index (χ4v) is 3.01. The molecule has 1 aliphatic rings. The minimum Gasteiger partial charge on any atom is -0.384 e. The van der Waals surface area contributed by atoms with E-state index in [9.17, 15) is 14.3 Å². The molecule has 0 radical (unpaired) electrons. The van der Waals surface area contributed by atoms with Crippen LogP contribution < -0.4 is 5.32 Å². The summed E-state index contributed by atoms with van der Waals surface area (Å²) in [6.07, 6.45) is 2.75. The van der Waals surface area contributed by atoms with Crippen molar-refractivity contribution in [2.45, 2.75) is 31.8 Å². The molecule has 1 atom stereocenters. The Kier molecular flexibility index (Phi) is 5.31. The second kappa shape index (κ2) is 7.00. The van der Waals surface area contributed by atoms with Gasteiger partial charge in [-0.2, -0.15) is 0 Å². The van der Waals surface area contributed by atoms with E-state index in [0.29, 0.717) is 13.2 Å². The average Bonchev–Trinajstić information content (AvgIpc) is 2.94. The third-order valence-corrected chi connectivity index (χ3v) is 4.20. The molecule has 4 nitrogen and oxygen atoms in total. The molecule has 116 valence electrons. The number of aliphatic hydroxyl groups excluding tert-OH is 1. The fraction of sp³-hybridized carbons (Fsp3) is 0.562. The lowest BCUT2D eigenvalue weighted by atomic mass is 9.87. The van der Waals surface area contributed by atoms with Gasteiger partial charge in [0.1, 0.15) is 5.82 Å². The van der Waals surface area contributed by atoms with Crippen molar-refractivity contribution in [2.24, 2.45) is 5.41 Å². The third-order valence-electron chi connectivity index (χ3n) is 4.20. The van der Waals surface area contributed by atoms with Crippen LogP contribution in [0.15, 0.2) is 24.3 Å². The molecule has 1 amide bonds. The summed E-state index contributed by atoms with van der Waals surface area (Å²) in [5, 5.41) is 12.7. The Morgan fingerprint density at radius 3 is 2.71 bits per heavy atom. The van der Waals surface area contributed by atoms with E-state index in [1.54, 1.807) is 13.2 Å². The van der Waals surface area contributed by atoms with Gasteiger partial charge in [-0.05, 0) is 18.9 Å². The van der Waals surface area contributed by atoms with Crippen LogP contribution in [-0.4, -0.2) is 31.3 Å². The van der Waals surface area contributed by atoms with Gasteiger partial charge in [0.05, 0.1) is 6.61 Å². The predicted octanol–water partition coefficient (Wildman–Crippen LogP) is 2.18. The van der Waals surface area contributed by atoms with E-state index in [1.807, 2.05) is 0 Å². The van der Waals surface area contributed by atoms with Gasteiger partial charge in [-0.15, -0.1) is 0 Å². The summed E-state index contributed by atoms with van der Waals surface area (Å²) in [7, 11) is 1.65. The van der Waals surface area contributed by atoms with Crippen LogP contribution in [-0.2, 0) is 9.53 Å². The van der Waals surface area contributed by atoms with Crippen molar-refractivity contribution in [3.8, 4) is 0 Å². The normalized spacial score (nSPS) is 18.4. The van der Waals surface area contributed by atoms with Gasteiger partial charge >= 0.3 is 0 Å². The minimum absolute atomic E-state index is 0.00205. The molecule has 1 aromatic rings. The minimum atomic E-state index is -1.48. The van der Waals surface area contributed by atoms with Crippen LogP contribution in [0.5, 0.6) is 0 Å². The van der Waals surface area contributed by atoms with E-state index in [0.717, 1.165) is 25.7 Å². The lowest BCUT2D eigenvalue weighted by Gasteiger charge is -2.28. The van der Waals surface area contributed by atoms with Crippen LogP contribution in [0.25, 0.3) is 0 Å². The van der Waals surface area contributed by atoms with E-state index in [1.165, 1.54) is 18.2 Å². The SMILES string of the molecule is COCC1(CNC(=O)[C@@H](O)c2ccccc2F)CCCC1. The number of benzene rings is 1. The average molecular weight is 295 g/mol. The summed E-state index contributed by atoms with van der Waals surface area (Å²) in [5.41, 5.74) is -0.0541. The topological polar surface area (TPSA) is 58.6 Å². The highest BCUT2D eigenvalue weighted by atomic mass is 19.1. The Morgan fingerprint density at radius 1 is 1.43 bits per heavy atom. The second-order valence-corrected chi connectivity index (χ2v) is 5.78. The van der Waals surface area contributed by atoms with Crippen molar-refractivity contribution in [1.29, 1.82) is 0 Å². The van der Waals surface area contributed by atoms with Crippen LogP contribution in [0.2, 0.25) is 0 Å². The van der Waals surface area contributed by atoms with Crippen molar-refractivity contribution in [3.05, 3.63) is 35.6 Å². The predicted molar refractivity (Wildman–Crippen MR) is 77.1 cm³/mol. The molecule has 0 heterocycles. The lowest BCUT2D eigenvalue weighted by molar-refractivity contribution is -0.130. The number of hydrogen-bond donors (Lipinski definition) is 2. The van der Waals surface area contributed by atoms with Crippen molar-refractivity contribution in [3.63, 3.8) is 0 Å². The number of methoxy groups -OCH3 is 1. The van der Waals surface area contributed by atoms with Gasteiger partial charge in [-0.1, -0.05) is 31.0 Å². The van der Waals surface area contributed by atoms with Crippen LogP contribution in [0.4, 0.5) is 4.39 Å². The first-order chi connectivity index (χ1) is 10.1. The quantitative estimate of drug-likeness (QED) is 0.845. The zero-order chi connectivity index (χ0) is 15.3. The van der Waals surface area contributed by atoms with Crippen molar-refractivity contribution in [1.82, 2.24) is 5.32 Å². The number of rotatable bonds is 6. The highest BCUT2D eigenvalue weighted by Gasteiger charge is 2.35. The first-order valence-corrected chi connectivity index (χ1v) is 7.27. The number of aliphatic hydroxyl groups is 1. The van der Waals surface area contributed by atoms with Crippen molar-refractivity contribution in [2.75, 3.05) is 20.3 Å². The maximum absolute atomic E-state index is 13.6. The zero-order valence-electron chi connectivity index (χ0n) is 12.3. The Balaban J connectivity index is 1.96. The van der Waals surface area contributed by atoms with Gasteiger partial charge in [-0.25, -0.2) is 4.39 Å². The highest BCUT2D eigenvalue weighted by molar-refractivity contribution is 5.82. The Morgan fingerprint density at radius 2 is 2.10 bits per heavy atom. The monoisotopic (exact) mass is 295 g/mol. The van der Waals surface area contributed by atoms with E-state index in [-0.39, 0.29) is 11.0 Å². The van der Waals surface area contributed by atoms with Gasteiger partial charge in [0.25, 0.3) is 5.91 Å². The highest BCUT2D eigenvalue weighted by Crippen LogP contribution is 2.37. The summed E-state index contributed by atoms with van der Waals surface area (Å²) in [6.45, 7) is 1.04. The third kappa shape index (κ3) is 3.80. The number of nitrogens with one attached hydrogen (secondary N) is 1. The number of amides is 1. The second-order valence-electron chi connectivity index (χ2n) is 5.78. The first kappa shape index (κ1) is 15.9. The van der Waals surface area contributed by atoms with Gasteiger partial charge in [0.15, 0.2) is 6.10 Å². The standard InChI is InChI=1S/C16H22FNO3/c1-21-11-16(8-4-5-9-16)10-18-15(20)14(19)12-6-2-3-7-13(12)17/h2-3,6-7,14,19H,4-5,8-11H2,1H3,(H,18,20)/t14-/m0/s1. The van der Waals surface area contributed by atoms with Crippen LogP contribution in [0, 0.1) is 11.2 Å². The number of carbonyl (C=O) groups excluding carboxylic acids is 1. The molecule has 0 aliphatic heterocycles. The molecule has 0 spiro atoms. The Labute approximate surface area is 124 Å². The number of carbonyl (C=O) groups is 1. The van der Waals surface area contributed by atoms with Crippen LogP contribution in [0.3, 0.4) is 0 Å². The summed E-state index contributed by atoms with van der Waals surface area (Å²) < 4.78 is 18.8. The fourth-order valence-electron chi connectivity index (χ4n) is 3.01. The van der Waals surface area contributed by atoms with Gasteiger partial charge in [-0.3, -0.25) is 4.79 Å². The summed E-state index contributed by atoms with van der Waals surface area (Å²) in [4.78, 5) is 12.0. The molecule has 0 aromatic heterocycles. The van der Waals surface area contributed by atoms with Crippen LogP contribution in [0.1, 0.15) is 37.4 Å². The van der Waals surface area contributed by atoms with Gasteiger partial charge in [0, 0.05) is 24.6 Å². The van der Waals surface area contributed by atoms with Crippen molar-refractivity contribution >= 4 is 5.91 Å². The van der Waals surface area contributed by atoms with Gasteiger partial charge in [0.2, 0.25) is 0 Å². The van der Waals surface area contributed by atoms with E-state index in [2.05, 4.69) is 5.32 Å². The Bertz CT molecular complexity index is 486. The molecule has 5 heteroatoms. The largest absolute Gasteiger partial charge is 0.384 e. The zero-order valence-corrected chi connectivity index (χ0v) is 12.3. The lowest BCUT2D eigenvalue weighted by Crippen LogP contribution is -2.40. The molecule has 2 rings (SSSR count). The molecule has 0 saturated heterocycles. The molecule has 1 aromatic carbocycles. The van der Waals surface area contributed by atoms with E-state index >= 15 is 0 Å². The molecule has 0 bridgehead atoms. The molecular formula is C16H22FNO3. The molecule has 0 unspecified atom stereocenters. The molecule has 2 N–H and O–H groups in total. The first-order valence-electron chi connectivity index (χ1n) is 7.27. The number of ether oxygens (including phenoxy) is 1. The number of hydrogen-bond acceptors (Lipinski definition) is 3. The van der Waals surface area contributed by atoms with Gasteiger partial charge < -0.3 is 15.2 Å². The smallest absolute Gasteiger partial charge is 0.253 e. The molecule has 1 saturated carbocycles. The maximum atomic E-state index is 13.6. The molecule has 21 heavy (non-hydrogen) atoms. The molecular weight excluding hydrogens is 273 g/mol. The van der Waals surface area contributed by atoms with Crippen molar-refractivity contribution < 1.29 is 19.0 Å². The maximum Gasteiger partial charge on any atom is 0.253 e. The molecule has 1 fully saturated rings.